The van der Waals surface area contributed by atoms with Crippen LogP contribution in [0.2, 0.25) is 5.02 Å². The van der Waals surface area contributed by atoms with Gasteiger partial charge in [0.05, 0.1) is 18.3 Å². The quantitative estimate of drug-likeness (QED) is 0.776. The second-order valence-corrected chi connectivity index (χ2v) is 7.00. The Morgan fingerprint density at radius 2 is 2.00 bits per heavy atom. The fourth-order valence-corrected chi connectivity index (χ4v) is 2.99. The highest BCUT2D eigenvalue weighted by atomic mass is 35.5. The van der Waals surface area contributed by atoms with E-state index in [4.69, 9.17) is 16.3 Å². The minimum Gasteiger partial charge on any atom is -0.467 e. The minimum absolute atomic E-state index is 0.0786. The molecule has 1 aliphatic rings. The van der Waals surface area contributed by atoms with Crippen LogP contribution in [0.4, 0.5) is 5.95 Å². The number of methoxy groups -OCH3 is 1. The van der Waals surface area contributed by atoms with Gasteiger partial charge in [-0.3, -0.25) is 4.79 Å². The first-order valence-electron chi connectivity index (χ1n) is 8.58. The van der Waals surface area contributed by atoms with E-state index in [1.54, 1.807) is 0 Å². The molecule has 8 heteroatoms. The van der Waals surface area contributed by atoms with E-state index in [-0.39, 0.29) is 16.6 Å². The number of anilines is 1. The number of carbonyl (C=O) groups excluding carboxylic acids is 2. The van der Waals surface area contributed by atoms with E-state index in [0.717, 1.165) is 25.9 Å². The molecule has 1 atom stereocenters. The number of halogens is 1. The van der Waals surface area contributed by atoms with E-state index >= 15 is 0 Å². The molecule has 1 N–H and O–H groups in total. The zero-order valence-corrected chi connectivity index (χ0v) is 15.7. The summed E-state index contributed by atoms with van der Waals surface area (Å²) >= 11 is 6.11. The van der Waals surface area contributed by atoms with E-state index < -0.39 is 17.9 Å². The number of hydrogen-bond acceptors (Lipinski definition) is 6. The molecule has 0 unspecified atom stereocenters. The number of piperidine rings is 1. The minimum atomic E-state index is -0.734. The van der Waals surface area contributed by atoms with Crippen LogP contribution in [0.5, 0.6) is 0 Å². The normalized spacial score (nSPS) is 15.8. The maximum absolute atomic E-state index is 12.6. The molecule has 25 heavy (non-hydrogen) atoms. The summed E-state index contributed by atoms with van der Waals surface area (Å²) in [6, 6.07) is -0.734. The van der Waals surface area contributed by atoms with Crippen LogP contribution in [-0.4, -0.2) is 48.1 Å². The van der Waals surface area contributed by atoms with Crippen LogP contribution in [0.1, 0.15) is 50.0 Å². The maximum atomic E-state index is 12.6. The Kier molecular flexibility index (Phi) is 6.99. The fraction of sp³-hybridized carbons (Fsp3) is 0.647. The van der Waals surface area contributed by atoms with E-state index in [9.17, 15) is 9.59 Å². The van der Waals surface area contributed by atoms with Gasteiger partial charge >= 0.3 is 5.97 Å². The van der Waals surface area contributed by atoms with Crippen LogP contribution in [0.3, 0.4) is 0 Å². The van der Waals surface area contributed by atoms with E-state index in [1.165, 1.54) is 19.7 Å². The van der Waals surface area contributed by atoms with Crippen LogP contribution < -0.4 is 10.2 Å². The number of ether oxygens (including phenoxy) is 1. The number of aromatic nitrogens is 2. The van der Waals surface area contributed by atoms with Crippen LogP contribution in [0, 0.1) is 5.92 Å². The molecule has 1 aromatic heterocycles. The largest absolute Gasteiger partial charge is 0.467 e. The molecule has 0 radical (unpaired) electrons. The molecule has 1 aromatic rings. The van der Waals surface area contributed by atoms with Crippen molar-refractivity contribution in [3.8, 4) is 0 Å². The van der Waals surface area contributed by atoms with Gasteiger partial charge < -0.3 is 15.0 Å². The summed E-state index contributed by atoms with van der Waals surface area (Å²) in [6.07, 6.45) is 5.25. The van der Waals surface area contributed by atoms with Gasteiger partial charge in [-0.1, -0.05) is 25.4 Å². The van der Waals surface area contributed by atoms with Crippen LogP contribution in [0.25, 0.3) is 0 Å². The summed E-state index contributed by atoms with van der Waals surface area (Å²) in [7, 11) is 1.30. The zero-order valence-electron chi connectivity index (χ0n) is 14.9. The van der Waals surface area contributed by atoms with Crippen LogP contribution >= 0.6 is 11.6 Å². The molecule has 1 saturated heterocycles. The lowest BCUT2D eigenvalue weighted by atomic mass is 10.0. The van der Waals surface area contributed by atoms with Gasteiger partial charge in [0.1, 0.15) is 6.04 Å². The first-order valence-corrected chi connectivity index (χ1v) is 8.96. The Labute approximate surface area is 153 Å². The Balaban J connectivity index is 2.17. The molecule has 1 aliphatic heterocycles. The molecule has 2 rings (SSSR count). The standard InChI is InChI=1S/C17H25ClN4O3/c1-11(2)9-13(16(24)25-3)20-15(23)14-12(18)10-19-17(21-14)22-7-5-4-6-8-22/h10-11,13H,4-9H2,1-3H3,(H,20,23)/t13-/m0/s1. The zero-order chi connectivity index (χ0) is 18.4. The lowest BCUT2D eigenvalue weighted by Gasteiger charge is -2.27. The Hall–Kier alpha value is -1.89. The highest BCUT2D eigenvalue weighted by Gasteiger charge is 2.26. The second-order valence-electron chi connectivity index (χ2n) is 6.59. The molecule has 0 saturated carbocycles. The first-order chi connectivity index (χ1) is 11.9. The fourth-order valence-electron chi connectivity index (χ4n) is 2.82. The molecule has 7 nitrogen and oxygen atoms in total. The summed E-state index contributed by atoms with van der Waals surface area (Å²) in [4.78, 5) is 35.1. The average molecular weight is 369 g/mol. The molecule has 0 aliphatic carbocycles. The van der Waals surface area contributed by atoms with Gasteiger partial charge in [-0.2, -0.15) is 0 Å². The van der Waals surface area contributed by atoms with Gasteiger partial charge in [0.2, 0.25) is 5.95 Å². The first kappa shape index (κ1) is 19.4. The molecule has 0 spiro atoms. The van der Waals surface area contributed by atoms with E-state index in [1.807, 2.05) is 18.7 Å². The second kappa shape index (κ2) is 8.99. The van der Waals surface area contributed by atoms with Crippen molar-refractivity contribution in [3.63, 3.8) is 0 Å². The van der Waals surface area contributed by atoms with Crippen molar-refractivity contribution in [1.29, 1.82) is 0 Å². The van der Waals surface area contributed by atoms with Gasteiger partial charge in [-0.05, 0) is 31.6 Å². The highest BCUT2D eigenvalue weighted by molar-refractivity contribution is 6.33. The molecule has 2 heterocycles. The molecule has 1 amide bonds. The third-order valence-corrected chi connectivity index (χ3v) is 4.36. The number of rotatable bonds is 6. The third-order valence-electron chi connectivity index (χ3n) is 4.08. The summed E-state index contributed by atoms with van der Waals surface area (Å²) in [6.45, 7) is 5.66. The van der Waals surface area contributed by atoms with Crippen molar-refractivity contribution in [3.05, 3.63) is 16.9 Å². The molecular weight excluding hydrogens is 344 g/mol. The molecule has 0 bridgehead atoms. The summed E-state index contributed by atoms with van der Waals surface area (Å²) in [5.41, 5.74) is 0.0786. The molecular formula is C17H25ClN4O3. The lowest BCUT2D eigenvalue weighted by molar-refractivity contribution is -0.143. The summed E-state index contributed by atoms with van der Waals surface area (Å²) < 4.78 is 4.77. The lowest BCUT2D eigenvalue weighted by Crippen LogP contribution is -2.43. The number of amides is 1. The Morgan fingerprint density at radius 3 is 2.60 bits per heavy atom. The smallest absolute Gasteiger partial charge is 0.328 e. The summed E-state index contributed by atoms with van der Waals surface area (Å²) in [5, 5.41) is 2.84. The van der Waals surface area contributed by atoms with Gasteiger partial charge in [0.25, 0.3) is 5.91 Å². The number of carbonyl (C=O) groups is 2. The van der Waals surface area contributed by atoms with Crippen molar-refractivity contribution in [2.45, 2.75) is 45.6 Å². The predicted octanol–water partition coefficient (Wildman–Crippen LogP) is 2.44. The van der Waals surface area contributed by atoms with Gasteiger partial charge in [0, 0.05) is 13.1 Å². The predicted molar refractivity (Wildman–Crippen MR) is 95.8 cm³/mol. The van der Waals surface area contributed by atoms with Crippen LogP contribution in [0.15, 0.2) is 6.20 Å². The summed E-state index contributed by atoms with van der Waals surface area (Å²) in [5.74, 6) is -0.271. The topological polar surface area (TPSA) is 84.4 Å². The van der Waals surface area contributed by atoms with E-state index in [2.05, 4.69) is 15.3 Å². The van der Waals surface area contributed by atoms with Crippen molar-refractivity contribution in [2.24, 2.45) is 5.92 Å². The van der Waals surface area contributed by atoms with Gasteiger partial charge in [0.15, 0.2) is 5.69 Å². The van der Waals surface area contributed by atoms with Gasteiger partial charge in [-0.25, -0.2) is 14.8 Å². The highest BCUT2D eigenvalue weighted by Crippen LogP contribution is 2.20. The molecule has 138 valence electrons. The molecule has 0 aromatic carbocycles. The molecule has 1 fully saturated rings. The number of nitrogens with zero attached hydrogens (tertiary/aromatic N) is 3. The SMILES string of the molecule is COC(=O)[C@H](CC(C)C)NC(=O)c1nc(N2CCCCC2)ncc1Cl. The number of esters is 1. The maximum Gasteiger partial charge on any atom is 0.328 e. The number of hydrogen-bond donors (Lipinski definition) is 1. The van der Waals surface area contributed by atoms with Crippen molar-refractivity contribution < 1.29 is 14.3 Å². The van der Waals surface area contributed by atoms with Crippen molar-refractivity contribution in [1.82, 2.24) is 15.3 Å². The Morgan fingerprint density at radius 1 is 1.32 bits per heavy atom. The van der Waals surface area contributed by atoms with Crippen molar-refractivity contribution >= 4 is 29.4 Å². The monoisotopic (exact) mass is 368 g/mol. The van der Waals surface area contributed by atoms with E-state index in [0.29, 0.717) is 12.4 Å². The van der Waals surface area contributed by atoms with Gasteiger partial charge in [-0.15, -0.1) is 0 Å². The van der Waals surface area contributed by atoms with Crippen molar-refractivity contribution in [2.75, 3.05) is 25.1 Å². The average Bonchev–Trinajstić information content (AvgIpc) is 2.61. The third kappa shape index (κ3) is 5.29. The van der Waals surface area contributed by atoms with Crippen LogP contribution in [-0.2, 0) is 9.53 Å². The Bertz CT molecular complexity index is 618. The number of nitrogens with one attached hydrogen (secondary N) is 1.